The van der Waals surface area contributed by atoms with Crippen molar-refractivity contribution in [3.8, 4) is 23.0 Å². The van der Waals surface area contributed by atoms with Crippen LogP contribution in [0.1, 0.15) is 24.0 Å². The molecule has 1 saturated heterocycles. The number of amides is 1. The van der Waals surface area contributed by atoms with Gasteiger partial charge in [0.25, 0.3) is 5.91 Å². The van der Waals surface area contributed by atoms with Crippen LogP contribution in [0.3, 0.4) is 0 Å². The zero-order valence-electron chi connectivity index (χ0n) is 21.3. The van der Waals surface area contributed by atoms with Crippen molar-refractivity contribution in [1.82, 2.24) is 9.80 Å². The molecule has 8 heteroatoms. The first-order chi connectivity index (χ1) is 17.0. The number of piperazine rings is 1. The number of hydrogen-bond donors (Lipinski definition) is 0. The fourth-order valence-electron chi connectivity index (χ4n) is 4.84. The highest BCUT2D eigenvalue weighted by molar-refractivity contribution is 5.97. The van der Waals surface area contributed by atoms with Gasteiger partial charge in [0, 0.05) is 45.3 Å². The number of methoxy groups -OCH3 is 3. The summed E-state index contributed by atoms with van der Waals surface area (Å²) in [7, 11) is 6.76. The lowest BCUT2D eigenvalue weighted by Crippen LogP contribution is -2.46. The molecule has 8 nitrogen and oxygen atoms in total. The molecule has 0 spiro atoms. The second-order valence-corrected chi connectivity index (χ2v) is 9.11. The maximum atomic E-state index is 11.8. The molecule has 35 heavy (non-hydrogen) atoms. The second kappa shape index (κ2) is 11.6. The minimum Gasteiger partial charge on any atom is -0.493 e. The average Bonchev–Trinajstić information content (AvgIpc) is 2.89. The first kappa shape index (κ1) is 25.1. The van der Waals surface area contributed by atoms with Gasteiger partial charge in [-0.05, 0) is 49.6 Å². The molecule has 0 bridgehead atoms. The monoisotopic (exact) mass is 483 g/mol. The third-order valence-electron chi connectivity index (χ3n) is 6.95. The van der Waals surface area contributed by atoms with Crippen molar-refractivity contribution in [2.75, 3.05) is 72.6 Å². The number of fused-ring (bicyclic) bond motifs is 1. The lowest BCUT2D eigenvalue weighted by molar-refractivity contribution is -0.120. The van der Waals surface area contributed by atoms with Crippen LogP contribution in [0.25, 0.3) is 0 Å². The first-order valence-electron chi connectivity index (χ1n) is 12.3. The van der Waals surface area contributed by atoms with E-state index < -0.39 is 0 Å². The summed E-state index contributed by atoms with van der Waals surface area (Å²) >= 11 is 0. The molecule has 1 fully saturated rings. The molecule has 2 heterocycles. The third-order valence-corrected chi connectivity index (χ3v) is 6.95. The zero-order chi connectivity index (χ0) is 24.8. The van der Waals surface area contributed by atoms with Crippen molar-refractivity contribution in [3.63, 3.8) is 0 Å². The van der Waals surface area contributed by atoms with Gasteiger partial charge >= 0.3 is 0 Å². The number of unbranched alkanes of at least 4 members (excludes halogenated alkanes) is 1. The highest BCUT2D eigenvalue weighted by Crippen LogP contribution is 2.40. The quantitative estimate of drug-likeness (QED) is 0.481. The van der Waals surface area contributed by atoms with E-state index in [4.69, 9.17) is 18.9 Å². The molecular weight excluding hydrogens is 446 g/mol. The van der Waals surface area contributed by atoms with Crippen molar-refractivity contribution in [2.24, 2.45) is 0 Å². The van der Waals surface area contributed by atoms with Gasteiger partial charge < -0.3 is 28.7 Å². The first-order valence-corrected chi connectivity index (χ1v) is 12.3. The molecule has 0 N–H and O–H groups in total. The molecule has 0 radical (unpaired) electrons. The Labute approximate surface area is 208 Å². The van der Waals surface area contributed by atoms with Crippen LogP contribution < -0.4 is 23.8 Å². The Morgan fingerprint density at radius 3 is 2.34 bits per heavy atom. The molecular formula is C27H37N3O5. The predicted octanol–water partition coefficient (Wildman–Crippen LogP) is 3.21. The maximum Gasteiger partial charge on any atom is 0.264 e. The van der Waals surface area contributed by atoms with Crippen LogP contribution in [-0.4, -0.2) is 83.4 Å². The number of likely N-dealkylation sites (N-methyl/N-ethyl adjacent to an activating group) is 1. The highest BCUT2D eigenvalue weighted by Gasteiger charge is 2.23. The number of carbonyl (C=O) groups excluding carboxylic acids is 1. The summed E-state index contributed by atoms with van der Waals surface area (Å²) in [6.07, 6.45) is 3.32. The van der Waals surface area contributed by atoms with E-state index in [9.17, 15) is 4.79 Å². The summed E-state index contributed by atoms with van der Waals surface area (Å²) in [5.74, 6) is 2.89. The molecule has 0 aromatic heterocycles. The summed E-state index contributed by atoms with van der Waals surface area (Å²) in [5.41, 5.74) is 3.23. The molecule has 190 valence electrons. The Morgan fingerprint density at radius 1 is 0.886 bits per heavy atom. The molecule has 2 aromatic carbocycles. The van der Waals surface area contributed by atoms with Gasteiger partial charge in [-0.2, -0.15) is 0 Å². The van der Waals surface area contributed by atoms with E-state index in [0.717, 1.165) is 74.9 Å². The number of aryl methyl sites for hydroxylation is 1. The largest absolute Gasteiger partial charge is 0.493 e. The standard InChI is InChI=1S/C27H37N3O5/c1-28-22-10-8-20(17-24(22)35-19-25(28)31)7-5-6-12-29-13-15-30(16-14-29)18-21-9-11-23(32-2)27(34-4)26(21)33-3/h8-11,17H,5-7,12-16,18-19H2,1-4H3. The van der Waals surface area contributed by atoms with Crippen LogP contribution in [0, 0.1) is 0 Å². The molecule has 0 aliphatic carbocycles. The zero-order valence-corrected chi connectivity index (χ0v) is 21.3. The number of ether oxygens (including phenoxy) is 4. The van der Waals surface area contributed by atoms with Gasteiger partial charge in [-0.3, -0.25) is 9.69 Å². The van der Waals surface area contributed by atoms with Gasteiger partial charge in [-0.1, -0.05) is 12.1 Å². The highest BCUT2D eigenvalue weighted by atomic mass is 16.5. The van der Waals surface area contributed by atoms with Gasteiger partial charge in [0.05, 0.1) is 27.0 Å². The normalized spacial score (nSPS) is 16.6. The van der Waals surface area contributed by atoms with E-state index in [0.29, 0.717) is 11.5 Å². The molecule has 2 aliphatic heterocycles. The van der Waals surface area contributed by atoms with E-state index in [2.05, 4.69) is 28.0 Å². The van der Waals surface area contributed by atoms with Crippen molar-refractivity contribution in [2.45, 2.75) is 25.8 Å². The Balaban J connectivity index is 1.20. The van der Waals surface area contributed by atoms with Crippen LogP contribution in [0.5, 0.6) is 23.0 Å². The lowest BCUT2D eigenvalue weighted by Gasteiger charge is -2.35. The summed E-state index contributed by atoms with van der Waals surface area (Å²) in [6, 6.07) is 10.2. The molecule has 2 aromatic rings. The third kappa shape index (κ3) is 5.82. The lowest BCUT2D eigenvalue weighted by atomic mass is 10.1. The molecule has 2 aliphatic rings. The topological polar surface area (TPSA) is 63.7 Å². The van der Waals surface area contributed by atoms with E-state index in [1.807, 2.05) is 12.1 Å². The minimum atomic E-state index is -0.00629. The fourth-order valence-corrected chi connectivity index (χ4v) is 4.84. The summed E-state index contributed by atoms with van der Waals surface area (Å²) in [5, 5.41) is 0. The van der Waals surface area contributed by atoms with Crippen molar-refractivity contribution >= 4 is 11.6 Å². The molecule has 0 atom stereocenters. The van der Waals surface area contributed by atoms with E-state index >= 15 is 0 Å². The molecule has 4 rings (SSSR count). The van der Waals surface area contributed by atoms with Crippen molar-refractivity contribution < 1.29 is 23.7 Å². The van der Waals surface area contributed by atoms with Crippen LogP contribution in [0.15, 0.2) is 30.3 Å². The van der Waals surface area contributed by atoms with Gasteiger partial charge in [0.1, 0.15) is 5.75 Å². The van der Waals surface area contributed by atoms with Gasteiger partial charge in [-0.25, -0.2) is 0 Å². The van der Waals surface area contributed by atoms with Crippen LogP contribution >= 0.6 is 0 Å². The minimum absolute atomic E-state index is 0.00629. The van der Waals surface area contributed by atoms with Crippen LogP contribution in [0.2, 0.25) is 0 Å². The van der Waals surface area contributed by atoms with Crippen molar-refractivity contribution in [1.29, 1.82) is 0 Å². The Morgan fingerprint density at radius 2 is 1.63 bits per heavy atom. The Bertz CT molecular complexity index is 1020. The number of nitrogens with zero attached hydrogens (tertiary/aromatic N) is 3. The van der Waals surface area contributed by atoms with Gasteiger partial charge in [-0.15, -0.1) is 0 Å². The molecule has 0 saturated carbocycles. The maximum absolute atomic E-state index is 11.8. The second-order valence-electron chi connectivity index (χ2n) is 9.11. The van der Waals surface area contributed by atoms with Gasteiger partial charge in [0.15, 0.2) is 18.1 Å². The van der Waals surface area contributed by atoms with Crippen LogP contribution in [0.4, 0.5) is 5.69 Å². The summed E-state index contributed by atoms with van der Waals surface area (Å²) in [4.78, 5) is 18.5. The van der Waals surface area contributed by atoms with E-state index in [1.54, 1.807) is 33.3 Å². The SMILES string of the molecule is COc1ccc(CN2CCN(CCCCc3ccc4c(c3)OCC(=O)N4C)CC2)c(OC)c1OC. The van der Waals surface area contributed by atoms with Crippen LogP contribution in [-0.2, 0) is 17.8 Å². The van der Waals surface area contributed by atoms with Crippen molar-refractivity contribution in [3.05, 3.63) is 41.5 Å². The van der Waals surface area contributed by atoms with Gasteiger partial charge in [0.2, 0.25) is 5.75 Å². The molecule has 1 amide bonds. The smallest absolute Gasteiger partial charge is 0.264 e. The number of benzene rings is 2. The fraction of sp³-hybridized carbons (Fsp3) is 0.519. The average molecular weight is 484 g/mol. The summed E-state index contributed by atoms with van der Waals surface area (Å²) in [6.45, 7) is 6.28. The number of carbonyl (C=O) groups is 1. The summed E-state index contributed by atoms with van der Waals surface area (Å²) < 4.78 is 22.2. The molecule has 0 unspecified atom stereocenters. The number of rotatable bonds is 10. The van der Waals surface area contributed by atoms with E-state index in [-0.39, 0.29) is 12.5 Å². The predicted molar refractivity (Wildman–Crippen MR) is 136 cm³/mol. The Kier molecular flexibility index (Phi) is 8.36. The van der Waals surface area contributed by atoms with E-state index in [1.165, 1.54) is 12.0 Å². The Hall–Kier alpha value is -2.97. The number of hydrogen-bond acceptors (Lipinski definition) is 7. The number of anilines is 1.